The molecule has 1 N–H and O–H groups in total. The molecule has 0 saturated carbocycles. The number of thiophene rings is 1. The van der Waals surface area contributed by atoms with Crippen molar-refractivity contribution in [2.24, 2.45) is 0 Å². The Balaban J connectivity index is 2.19. The van der Waals surface area contributed by atoms with Crippen molar-refractivity contribution >= 4 is 17.2 Å². The fourth-order valence-electron chi connectivity index (χ4n) is 2.13. The summed E-state index contributed by atoms with van der Waals surface area (Å²) in [7, 11) is 4.11. The van der Waals surface area contributed by atoms with Crippen LogP contribution in [0.2, 0.25) is 0 Å². The van der Waals surface area contributed by atoms with Gasteiger partial charge in [0, 0.05) is 21.8 Å². The van der Waals surface area contributed by atoms with Crippen LogP contribution >= 0.6 is 11.3 Å². The van der Waals surface area contributed by atoms with E-state index in [1.165, 1.54) is 9.75 Å². The molecule has 106 valence electrons. The molecule has 0 spiro atoms. The van der Waals surface area contributed by atoms with Gasteiger partial charge in [-0.15, -0.1) is 11.3 Å². The highest BCUT2D eigenvalue weighted by molar-refractivity contribution is 7.12. The fourth-order valence-corrected chi connectivity index (χ4v) is 3.10. The first-order valence-electron chi connectivity index (χ1n) is 6.58. The first-order valence-corrected chi connectivity index (χ1v) is 7.39. The lowest BCUT2D eigenvalue weighted by Gasteiger charge is -2.38. The Morgan fingerprint density at radius 2 is 2.16 bits per heavy atom. The Labute approximate surface area is 119 Å². The zero-order valence-corrected chi connectivity index (χ0v) is 13.2. The minimum atomic E-state index is -0.0355. The molecule has 1 aromatic rings. The van der Waals surface area contributed by atoms with E-state index in [9.17, 15) is 4.79 Å². The number of nitrogens with zero attached hydrogens (tertiary/aromatic N) is 2. The van der Waals surface area contributed by atoms with Gasteiger partial charge in [0.05, 0.1) is 6.54 Å². The second kappa shape index (κ2) is 5.23. The first-order chi connectivity index (χ1) is 8.81. The Morgan fingerprint density at radius 3 is 2.68 bits per heavy atom. The summed E-state index contributed by atoms with van der Waals surface area (Å²) in [5.41, 5.74) is -0.0355. The SMILES string of the molecule is Cc1ccc(C2NCC(=O)N2CC(C)(C)N(C)C)s1. The van der Waals surface area contributed by atoms with E-state index >= 15 is 0 Å². The third-order valence-corrected chi connectivity index (χ3v) is 4.93. The maximum atomic E-state index is 12.1. The lowest BCUT2D eigenvalue weighted by molar-refractivity contribution is -0.129. The van der Waals surface area contributed by atoms with E-state index in [0.717, 1.165) is 6.54 Å². The third-order valence-electron chi connectivity index (χ3n) is 3.88. The van der Waals surface area contributed by atoms with Crippen LogP contribution in [0.1, 0.15) is 29.8 Å². The molecule has 1 atom stereocenters. The van der Waals surface area contributed by atoms with Crippen LogP contribution in [0, 0.1) is 6.92 Å². The van der Waals surface area contributed by atoms with Crippen LogP contribution < -0.4 is 5.32 Å². The van der Waals surface area contributed by atoms with Crippen LogP contribution in [0.5, 0.6) is 0 Å². The predicted octanol–water partition coefficient (Wildman–Crippen LogP) is 1.83. The van der Waals surface area contributed by atoms with Crippen molar-refractivity contribution < 1.29 is 4.79 Å². The average Bonchev–Trinajstić information content (AvgIpc) is 2.86. The number of nitrogens with one attached hydrogen (secondary N) is 1. The van der Waals surface area contributed by atoms with Gasteiger partial charge in [-0.2, -0.15) is 0 Å². The van der Waals surface area contributed by atoms with E-state index in [4.69, 9.17) is 0 Å². The van der Waals surface area contributed by atoms with E-state index in [1.54, 1.807) is 11.3 Å². The summed E-state index contributed by atoms with van der Waals surface area (Å²) in [4.78, 5) is 18.7. The molecule has 4 nitrogen and oxygen atoms in total. The van der Waals surface area contributed by atoms with Crippen LogP contribution in [0.15, 0.2) is 12.1 Å². The first kappa shape index (κ1) is 14.5. The van der Waals surface area contributed by atoms with Crippen molar-refractivity contribution in [2.45, 2.75) is 32.5 Å². The van der Waals surface area contributed by atoms with E-state index in [1.807, 2.05) is 4.90 Å². The van der Waals surface area contributed by atoms with E-state index in [2.05, 4.69) is 57.2 Å². The molecule has 0 aromatic carbocycles. The van der Waals surface area contributed by atoms with Gasteiger partial charge in [0.25, 0.3) is 0 Å². The number of carbonyl (C=O) groups is 1. The minimum absolute atomic E-state index is 0.0328. The topological polar surface area (TPSA) is 35.6 Å². The summed E-state index contributed by atoms with van der Waals surface area (Å²) in [5.74, 6) is 0.186. The highest BCUT2D eigenvalue weighted by Gasteiger charge is 2.36. The number of hydrogen-bond donors (Lipinski definition) is 1. The van der Waals surface area contributed by atoms with Crippen molar-refractivity contribution in [3.8, 4) is 0 Å². The molecule has 0 aliphatic carbocycles. The molecule has 1 fully saturated rings. The molecule has 0 bridgehead atoms. The van der Waals surface area contributed by atoms with Gasteiger partial charge in [-0.25, -0.2) is 0 Å². The number of rotatable bonds is 4. The largest absolute Gasteiger partial charge is 0.319 e. The normalized spacial score (nSPS) is 20.6. The van der Waals surface area contributed by atoms with Crippen molar-refractivity contribution in [2.75, 3.05) is 27.2 Å². The molecular formula is C14H23N3OS. The summed E-state index contributed by atoms with van der Waals surface area (Å²) in [6.07, 6.45) is 0.0328. The van der Waals surface area contributed by atoms with Crippen molar-refractivity contribution in [1.82, 2.24) is 15.1 Å². The molecule has 19 heavy (non-hydrogen) atoms. The molecule has 1 unspecified atom stereocenters. The molecule has 5 heteroatoms. The lowest BCUT2D eigenvalue weighted by atomic mass is 10.0. The molecule has 2 rings (SSSR count). The number of aryl methyl sites for hydroxylation is 1. The van der Waals surface area contributed by atoms with Crippen LogP contribution in [0.25, 0.3) is 0 Å². The average molecular weight is 281 g/mol. The molecule has 1 aliphatic heterocycles. The van der Waals surface area contributed by atoms with Gasteiger partial charge in [-0.3, -0.25) is 10.1 Å². The van der Waals surface area contributed by atoms with Gasteiger partial charge in [0.15, 0.2) is 0 Å². The summed E-state index contributed by atoms with van der Waals surface area (Å²) in [6, 6.07) is 4.23. The fraction of sp³-hybridized carbons (Fsp3) is 0.643. The van der Waals surface area contributed by atoms with Crippen molar-refractivity contribution in [3.63, 3.8) is 0 Å². The van der Waals surface area contributed by atoms with Gasteiger partial charge in [0.2, 0.25) is 5.91 Å². The van der Waals surface area contributed by atoms with Crippen LogP contribution in [-0.2, 0) is 4.79 Å². The Kier molecular flexibility index (Phi) is 3.99. The quantitative estimate of drug-likeness (QED) is 0.914. The summed E-state index contributed by atoms with van der Waals surface area (Å²) in [6.45, 7) is 7.59. The zero-order chi connectivity index (χ0) is 14.2. The summed E-state index contributed by atoms with van der Waals surface area (Å²) in [5, 5.41) is 3.32. The molecule has 0 radical (unpaired) electrons. The molecule has 1 amide bonds. The van der Waals surface area contributed by atoms with E-state index in [0.29, 0.717) is 6.54 Å². The molecular weight excluding hydrogens is 258 g/mol. The van der Waals surface area contributed by atoms with Gasteiger partial charge in [-0.05, 0) is 47.0 Å². The molecule has 1 saturated heterocycles. The zero-order valence-electron chi connectivity index (χ0n) is 12.4. The number of carbonyl (C=O) groups excluding carboxylic acids is 1. The van der Waals surface area contributed by atoms with Gasteiger partial charge in [0.1, 0.15) is 6.17 Å². The van der Waals surface area contributed by atoms with Gasteiger partial charge in [-0.1, -0.05) is 0 Å². The maximum absolute atomic E-state index is 12.1. The Bertz CT molecular complexity index is 467. The van der Waals surface area contributed by atoms with E-state index < -0.39 is 0 Å². The summed E-state index contributed by atoms with van der Waals surface area (Å²) >= 11 is 1.76. The second-order valence-electron chi connectivity index (χ2n) is 5.96. The minimum Gasteiger partial charge on any atom is -0.319 e. The number of amides is 1. The van der Waals surface area contributed by atoms with Gasteiger partial charge < -0.3 is 9.80 Å². The smallest absolute Gasteiger partial charge is 0.238 e. The van der Waals surface area contributed by atoms with Crippen LogP contribution in [0.4, 0.5) is 0 Å². The van der Waals surface area contributed by atoms with E-state index in [-0.39, 0.29) is 17.6 Å². The van der Waals surface area contributed by atoms with Crippen LogP contribution in [0.3, 0.4) is 0 Å². The van der Waals surface area contributed by atoms with Crippen molar-refractivity contribution in [3.05, 3.63) is 21.9 Å². The highest BCUT2D eigenvalue weighted by Crippen LogP contribution is 2.30. The number of likely N-dealkylation sites (N-methyl/N-ethyl adjacent to an activating group) is 1. The molecule has 2 heterocycles. The highest BCUT2D eigenvalue weighted by atomic mass is 32.1. The Hall–Kier alpha value is -0.910. The van der Waals surface area contributed by atoms with Crippen molar-refractivity contribution in [1.29, 1.82) is 0 Å². The standard InChI is InChI=1S/C14H23N3OS/c1-10-6-7-11(19-10)13-15-8-12(18)17(13)9-14(2,3)16(4)5/h6-7,13,15H,8-9H2,1-5H3. The molecule has 1 aromatic heterocycles. The number of hydrogen-bond acceptors (Lipinski definition) is 4. The third kappa shape index (κ3) is 2.99. The van der Waals surface area contributed by atoms with Gasteiger partial charge >= 0.3 is 0 Å². The maximum Gasteiger partial charge on any atom is 0.238 e. The Morgan fingerprint density at radius 1 is 1.47 bits per heavy atom. The van der Waals surface area contributed by atoms with Crippen LogP contribution in [-0.4, -0.2) is 48.4 Å². The monoisotopic (exact) mass is 281 g/mol. The molecule has 1 aliphatic rings. The predicted molar refractivity (Wildman–Crippen MR) is 79.3 cm³/mol. The lowest BCUT2D eigenvalue weighted by Crippen LogP contribution is -2.49. The second-order valence-corrected chi connectivity index (χ2v) is 7.28. The summed E-state index contributed by atoms with van der Waals surface area (Å²) < 4.78 is 0.